The van der Waals surface area contributed by atoms with E-state index in [1.54, 1.807) is 12.5 Å². The molecule has 0 amide bonds. The van der Waals surface area contributed by atoms with Crippen LogP contribution in [0.25, 0.3) is 0 Å². The van der Waals surface area contributed by atoms with Crippen molar-refractivity contribution in [3.8, 4) is 0 Å². The summed E-state index contributed by atoms with van der Waals surface area (Å²) in [6.45, 7) is 3.91. The molecular weight excluding hydrogens is 220 g/mol. The maximum Gasteiger partial charge on any atom is 0.0329 e. The second kappa shape index (κ2) is 7.52. The Morgan fingerprint density at radius 1 is 1.50 bits per heavy atom. The molecule has 1 aromatic heterocycles. The van der Waals surface area contributed by atoms with Gasteiger partial charge in [0.15, 0.2) is 0 Å². The molecule has 4 heteroatoms. The van der Waals surface area contributed by atoms with Crippen molar-refractivity contribution in [2.24, 2.45) is 0 Å². The van der Waals surface area contributed by atoms with Crippen LogP contribution in [0.3, 0.4) is 0 Å². The van der Waals surface area contributed by atoms with Gasteiger partial charge in [0.2, 0.25) is 0 Å². The van der Waals surface area contributed by atoms with Gasteiger partial charge in [-0.15, -0.1) is 0 Å². The molecule has 0 fully saturated rings. The van der Waals surface area contributed by atoms with E-state index < -0.39 is 10.8 Å². The number of aromatic nitrogens is 1. The molecule has 1 N–H and O–H groups in total. The van der Waals surface area contributed by atoms with Gasteiger partial charge in [0.25, 0.3) is 0 Å². The van der Waals surface area contributed by atoms with E-state index in [0.29, 0.717) is 0 Å². The Morgan fingerprint density at radius 2 is 2.31 bits per heavy atom. The van der Waals surface area contributed by atoms with Crippen LogP contribution in [0.5, 0.6) is 0 Å². The van der Waals surface area contributed by atoms with Gasteiger partial charge in [-0.1, -0.05) is 13.0 Å². The van der Waals surface area contributed by atoms with Crippen LogP contribution >= 0.6 is 0 Å². The first kappa shape index (κ1) is 13.3. The third-order valence-electron chi connectivity index (χ3n) is 2.61. The van der Waals surface area contributed by atoms with Gasteiger partial charge in [-0.2, -0.15) is 0 Å². The minimum atomic E-state index is -0.702. The molecule has 0 aliphatic carbocycles. The molecule has 2 atom stereocenters. The maximum atomic E-state index is 11.1. The summed E-state index contributed by atoms with van der Waals surface area (Å²) in [6.07, 6.45) is 7.41. The highest BCUT2D eigenvalue weighted by atomic mass is 32.2. The second-order valence-corrected chi connectivity index (χ2v) is 5.76. The first-order valence-electron chi connectivity index (χ1n) is 5.62. The zero-order valence-electron chi connectivity index (χ0n) is 9.98. The second-order valence-electron chi connectivity index (χ2n) is 3.96. The molecule has 1 heterocycles. The van der Waals surface area contributed by atoms with Crippen LogP contribution in [0.4, 0.5) is 0 Å². The van der Waals surface area contributed by atoms with Crippen molar-refractivity contribution in [3.63, 3.8) is 0 Å². The summed E-state index contributed by atoms with van der Waals surface area (Å²) in [6, 6.07) is 4.04. The molecule has 90 valence electrons. The average Bonchev–Trinajstić information content (AvgIpc) is 2.29. The monoisotopic (exact) mass is 240 g/mol. The zero-order chi connectivity index (χ0) is 11.8. The lowest BCUT2D eigenvalue weighted by Gasteiger charge is -2.08. The standard InChI is InChI=1S/C12H20N2OS/c1-11(16(2)15)5-8-13-9-6-12-4-3-7-14-10-12/h3-4,7,10-11,13H,5-6,8-9H2,1-2H3. The number of nitrogens with zero attached hydrogens (tertiary/aromatic N) is 1. The Bertz CT molecular complexity index is 316. The van der Waals surface area contributed by atoms with Crippen molar-refractivity contribution < 1.29 is 4.21 Å². The maximum absolute atomic E-state index is 11.1. The average molecular weight is 240 g/mol. The molecule has 1 rings (SSSR count). The Morgan fingerprint density at radius 3 is 2.94 bits per heavy atom. The molecule has 0 aliphatic rings. The highest BCUT2D eigenvalue weighted by Gasteiger charge is 2.04. The minimum absolute atomic E-state index is 0.283. The molecule has 0 spiro atoms. The van der Waals surface area contributed by atoms with Gasteiger partial charge in [-0.05, 0) is 37.6 Å². The zero-order valence-corrected chi connectivity index (χ0v) is 10.8. The predicted octanol–water partition coefficient (Wildman–Crippen LogP) is 1.37. The van der Waals surface area contributed by atoms with Crippen LogP contribution < -0.4 is 5.32 Å². The molecule has 0 aromatic carbocycles. The number of hydrogen-bond donors (Lipinski definition) is 1. The first-order chi connectivity index (χ1) is 7.70. The van der Waals surface area contributed by atoms with Gasteiger partial charge < -0.3 is 5.32 Å². The third-order valence-corrected chi connectivity index (χ3v) is 3.98. The fourth-order valence-electron chi connectivity index (χ4n) is 1.38. The molecule has 0 saturated heterocycles. The quantitative estimate of drug-likeness (QED) is 0.732. The minimum Gasteiger partial charge on any atom is -0.316 e. The van der Waals surface area contributed by atoms with E-state index in [9.17, 15) is 4.21 Å². The summed E-state index contributed by atoms with van der Waals surface area (Å²) in [5.41, 5.74) is 1.25. The number of hydrogen-bond acceptors (Lipinski definition) is 3. The SMILES string of the molecule is CC(CCNCCc1cccnc1)S(C)=O. The Kier molecular flexibility index (Phi) is 6.26. The van der Waals surface area contributed by atoms with Crippen LogP contribution in [0.1, 0.15) is 18.9 Å². The van der Waals surface area contributed by atoms with Gasteiger partial charge in [-0.3, -0.25) is 9.19 Å². The van der Waals surface area contributed by atoms with Crippen molar-refractivity contribution in [1.29, 1.82) is 0 Å². The van der Waals surface area contributed by atoms with Crippen LogP contribution in [0.15, 0.2) is 24.5 Å². The molecule has 0 radical (unpaired) electrons. The van der Waals surface area contributed by atoms with Crippen molar-refractivity contribution in [2.75, 3.05) is 19.3 Å². The van der Waals surface area contributed by atoms with E-state index >= 15 is 0 Å². The molecular formula is C12H20N2OS. The Labute approximate surface area is 100 Å². The third kappa shape index (κ3) is 5.37. The summed E-state index contributed by atoms with van der Waals surface area (Å²) in [5, 5.41) is 3.64. The largest absolute Gasteiger partial charge is 0.316 e. The van der Waals surface area contributed by atoms with Crippen LogP contribution in [0, 0.1) is 0 Å². The van der Waals surface area contributed by atoms with E-state index in [1.807, 2.05) is 19.2 Å². The molecule has 0 saturated carbocycles. The van der Waals surface area contributed by atoms with Crippen molar-refractivity contribution in [3.05, 3.63) is 30.1 Å². The summed E-state index contributed by atoms with van der Waals surface area (Å²) in [7, 11) is -0.702. The fourth-order valence-corrected chi connectivity index (χ4v) is 1.82. The van der Waals surface area contributed by atoms with E-state index in [2.05, 4.69) is 16.4 Å². The van der Waals surface area contributed by atoms with Crippen molar-refractivity contribution in [2.45, 2.75) is 25.0 Å². The highest BCUT2D eigenvalue weighted by Crippen LogP contribution is 1.98. The Hall–Kier alpha value is -0.740. The lowest BCUT2D eigenvalue weighted by molar-refractivity contribution is 0.628. The van der Waals surface area contributed by atoms with E-state index in [-0.39, 0.29) is 5.25 Å². The summed E-state index contributed by atoms with van der Waals surface area (Å²) in [4.78, 5) is 4.07. The summed E-state index contributed by atoms with van der Waals surface area (Å²) >= 11 is 0. The van der Waals surface area contributed by atoms with Gasteiger partial charge in [0, 0.05) is 34.7 Å². The topological polar surface area (TPSA) is 42.0 Å². The summed E-state index contributed by atoms with van der Waals surface area (Å²) in [5.74, 6) is 0. The van der Waals surface area contributed by atoms with Gasteiger partial charge >= 0.3 is 0 Å². The molecule has 1 aromatic rings. The van der Waals surface area contributed by atoms with Crippen LogP contribution in [-0.2, 0) is 17.2 Å². The van der Waals surface area contributed by atoms with Crippen molar-refractivity contribution >= 4 is 10.8 Å². The van der Waals surface area contributed by atoms with E-state index in [0.717, 1.165) is 25.9 Å². The first-order valence-corrected chi connectivity index (χ1v) is 7.24. The van der Waals surface area contributed by atoms with Crippen molar-refractivity contribution in [1.82, 2.24) is 10.3 Å². The predicted molar refractivity (Wildman–Crippen MR) is 69.0 cm³/mol. The lowest BCUT2D eigenvalue weighted by atomic mass is 10.2. The number of nitrogens with one attached hydrogen (secondary N) is 1. The molecule has 3 nitrogen and oxygen atoms in total. The molecule has 0 bridgehead atoms. The van der Waals surface area contributed by atoms with Gasteiger partial charge in [0.1, 0.15) is 0 Å². The molecule has 0 aliphatic heterocycles. The van der Waals surface area contributed by atoms with Gasteiger partial charge in [-0.25, -0.2) is 0 Å². The normalized spacial score (nSPS) is 14.6. The number of pyridine rings is 1. The molecule has 2 unspecified atom stereocenters. The Balaban J connectivity index is 2.07. The van der Waals surface area contributed by atoms with Crippen LogP contribution in [-0.4, -0.2) is 33.8 Å². The van der Waals surface area contributed by atoms with E-state index in [4.69, 9.17) is 0 Å². The lowest BCUT2D eigenvalue weighted by Crippen LogP contribution is -2.23. The smallest absolute Gasteiger partial charge is 0.0329 e. The fraction of sp³-hybridized carbons (Fsp3) is 0.583. The van der Waals surface area contributed by atoms with Crippen LogP contribution in [0.2, 0.25) is 0 Å². The highest BCUT2D eigenvalue weighted by molar-refractivity contribution is 7.84. The molecule has 16 heavy (non-hydrogen) atoms. The summed E-state index contributed by atoms with van der Waals surface area (Å²) < 4.78 is 11.1. The van der Waals surface area contributed by atoms with Gasteiger partial charge in [0.05, 0.1) is 0 Å². The van der Waals surface area contributed by atoms with E-state index in [1.165, 1.54) is 5.56 Å². The number of rotatable bonds is 7.